The van der Waals surface area contributed by atoms with Crippen molar-refractivity contribution >= 4 is 22.5 Å². The summed E-state index contributed by atoms with van der Waals surface area (Å²) in [6.07, 6.45) is 2.66. The number of benzene rings is 1. The van der Waals surface area contributed by atoms with Gasteiger partial charge in [0.25, 0.3) is 0 Å². The highest BCUT2D eigenvalue weighted by atomic mass is 35.5. The molecular formula is C11H12ClN3. The largest absolute Gasteiger partial charge is 0.319 e. The molecule has 2 rings (SSSR count). The fourth-order valence-electron chi connectivity index (χ4n) is 1.40. The normalized spacial score (nSPS) is 10.8. The number of hydrogen-bond acceptors (Lipinski definition) is 3. The molecule has 15 heavy (non-hydrogen) atoms. The first-order valence-electron chi connectivity index (χ1n) is 4.85. The van der Waals surface area contributed by atoms with Gasteiger partial charge in [0.2, 0.25) is 0 Å². The fourth-order valence-corrected chi connectivity index (χ4v) is 1.58. The number of nitrogens with one attached hydrogen (secondary N) is 1. The summed E-state index contributed by atoms with van der Waals surface area (Å²) < 4.78 is 0. The molecule has 78 valence electrons. The molecular weight excluding hydrogens is 210 g/mol. The van der Waals surface area contributed by atoms with Crippen molar-refractivity contribution in [3.63, 3.8) is 0 Å². The van der Waals surface area contributed by atoms with Crippen molar-refractivity contribution in [3.05, 3.63) is 35.2 Å². The molecule has 0 saturated heterocycles. The molecule has 1 aromatic heterocycles. The van der Waals surface area contributed by atoms with Gasteiger partial charge in [-0.1, -0.05) is 11.6 Å². The minimum absolute atomic E-state index is 0.717. The van der Waals surface area contributed by atoms with Crippen molar-refractivity contribution in [1.82, 2.24) is 15.3 Å². The van der Waals surface area contributed by atoms with Crippen LogP contribution in [0.4, 0.5) is 0 Å². The Labute approximate surface area is 93.5 Å². The summed E-state index contributed by atoms with van der Waals surface area (Å²) in [4.78, 5) is 8.72. The summed E-state index contributed by atoms with van der Waals surface area (Å²) in [6.45, 7) is 0.888. The number of nitrogens with zero attached hydrogens (tertiary/aromatic N) is 2. The van der Waals surface area contributed by atoms with Crippen LogP contribution in [0.1, 0.15) is 5.82 Å². The molecule has 0 bridgehead atoms. The molecule has 0 fully saturated rings. The highest BCUT2D eigenvalue weighted by Crippen LogP contribution is 2.16. The quantitative estimate of drug-likeness (QED) is 0.862. The van der Waals surface area contributed by atoms with Crippen molar-refractivity contribution < 1.29 is 0 Å². The Bertz CT molecular complexity index is 470. The summed E-state index contributed by atoms with van der Waals surface area (Å²) in [5.41, 5.74) is 0.945. The van der Waals surface area contributed by atoms with Crippen molar-refractivity contribution in [2.24, 2.45) is 0 Å². The van der Waals surface area contributed by atoms with Crippen LogP contribution in [0, 0.1) is 0 Å². The molecule has 1 heterocycles. The van der Waals surface area contributed by atoms with Gasteiger partial charge in [0.15, 0.2) is 0 Å². The Morgan fingerprint density at radius 2 is 2.27 bits per heavy atom. The molecule has 0 spiro atoms. The molecule has 0 unspecified atom stereocenters. The van der Waals surface area contributed by atoms with Gasteiger partial charge in [-0.05, 0) is 25.2 Å². The SMILES string of the molecule is CNCCc1ncc2cc(Cl)ccc2n1. The lowest BCUT2D eigenvalue weighted by atomic mass is 10.2. The second-order valence-corrected chi connectivity index (χ2v) is 3.78. The van der Waals surface area contributed by atoms with Gasteiger partial charge < -0.3 is 5.32 Å². The molecule has 0 aliphatic rings. The number of hydrogen-bond donors (Lipinski definition) is 1. The molecule has 4 heteroatoms. The Hall–Kier alpha value is -1.19. The van der Waals surface area contributed by atoms with Gasteiger partial charge in [0.05, 0.1) is 5.52 Å². The predicted octanol–water partition coefficient (Wildman–Crippen LogP) is 2.05. The summed E-state index contributed by atoms with van der Waals surface area (Å²) in [6, 6.07) is 5.64. The van der Waals surface area contributed by atoms with E-state index in [-0.39, 0.29) is 0 Å². The first-order valence-corrected chi connectivity index (χ1v) is 5.23. The van der Waals surface area contributed by atoms with Gasteiger partial charge in [-0.2, -0.15) is 0 Å². The molecule has 0 aliphatic carbocycles. The maximum atomic E-state index is 5.88. The predicted molar refractivity (Wildman–Crippen MR) is 62.2 cm³/mol. The van der Waals surface area contributed by atoms with Gasteiger partial charge in [-0.3, -0.25) is 0 Å². The van der Waals surface area contributed by atoms with Crippen LogP contribution in [0.15, 0.2) is 24.4 Å². The minimum atomic E-state index is 0.717. The van der Waals surface area contributed by atoms with Crippen LogP contribution in [0.2, 0.25) is 5.02 Å². The van der Waals surface area contributed by atoms with Gasteiger partial charge in [-0.25, -0.2) is 9.97 Å². The summed E-state index contributed by atoms with van der Waals surface area (Å²) >= 11 is 5.88. The molecule has 0 atom stereocenters. The topological polar surface area (TPSA) is 37.8 Å². The lowest BCUT2D eigenvalue weighted by Gasteiger charge is -2.01. The Kier molecular flexibility index (Phi) is 3.14. The van der Waals surface area contributed by atoms with Crippen LogP contribution >= 0.6 is 11.6 Å². The third-order valence-corrected chi connectivity index (χ3v) is 2.43. The van der Waals surface area contributed by atoms with Crippen LogP contribution in [-0.2, 0) is 6.42 Å². The third-order valence-electron chi connectivity index (χ3n) is 2.19. The summed E-state index contributed by atoms with van der Waals surface area (Å²) in [5.74, 6) is 0.860. The zero-order valence-electron chi connectivity index (χ0n) is 8.50. The highest BCUT2D eigenvalue weighted by molar-refractivity contribution is 6.31. The Balaban J connectivity index is 2.34. The second-order valence-electron chi connectivity index (χ2n) is 3.34. The number of fused-ring (bicyclic) bond motifs is 1. The third kappa shape index (κ3) is 2.43. The number of rotatable bonds is 3. The monoisotopic (exact) mass is 221 g/mol. The average Bonchev–Trinajstić information content (AvgIpc) is 2.26. The van der Waals surface area contributed by atoms with Crippen LogP contribution < -0.4 is 5.32 Å². The Morgan fingerprint density at radius 1 is 1.40 bits per heavy atom. The zero-order valence-corrected chi connectivity index (χ0v) is 9.25. The zero-order chi connectivity index (χ0) is 10.7. The highest BCUT2D eigenvalue weighted by Gasteiger charge is 2.00. The maximum Gasteiger partial charge on any atom is 0.130 e. The standard InChI is InChI=1S/C11H12ClN3/c1-13-5-4-11-14-7-8-6-9(12)2-3-10(8)15-11/h2-3,6-7,13H,4-5H2,1H3. The average molecular weight is 222 g/mol. The van der Waals surface area contributed by atoms with Crippen LogP contribution in [-0.4, -0.2) is 23.6 Å². The minimum Gasteiger partial charge on any atom is -0.319 e. The van der Waals surface area contributed by atoms with Crippen molar-refractivity contribution in [2.45, 2.75) is 6.42 Å². The van der Waals surface area contributed by atoms with Gasteiger partial charge in [-0.15, -0.1) is 0 Å². The Morgan fingerprint density at radius 3 is 3.07 bits per heavy atom. The molecule has 3 nitrogen and oxygen atoms in total. The van der Waals surface area contributed by atoms with Crippen molar-refractivity contribution in [2.75, 3.05) is 13.6 Å². The van der Waals surface area contributed by atoms with E-state index in [1.165, 1.54) is 0 Å². The van der Waals surface area contributed by atoms with E-state index in [1.807, 2.05) is 31.4 Å². The van der Waals surface area contributed by atoms with Crippen LogP contribution in [0.3, 0.4) is 0 Å². The molecule has 0 radical (unpaired) electrons. The van der Waals surface area contributed by atoms with E-state index in [9.17, 15) is 0 Å². The second kappa shape index (κ2) is 4.55. The molecule has 2 aromatic rings. The number of halogens is 1. The maximum absolute atomic E-state index is 5.88. The van der Waals surface area contributed by atoms with E-state index in [0.29, 0.717) is 5.02 Å². The van der Waals surface area contributed by atoms with E-state index >= 15 is 0 Å². The molecule has 0 amide bonds. The molecule has 1 N–H and O–H groups in total. The van der Waals surface area contributed by atoms with Crippen molar-refractivity contribution in [3.8, 4) is 0 Å². The fraction of sp³-hybridized carbons (Fsp3) is 0.273. The summed E-state index contributed by atoms with van der Waals surface area (Å²) in [5, 5.41) is 4.77. The number of aromatic nitrogens is 2. The first kappa shape index (κ1) is 10.3. The summed E-state index contributed by atoms with van der Waals surface area (Å²) in [7, 11) is 1.92. The first-order chi connectivity index (χ1) is 7.29. The number of likely N-dealkylation sites (N-methyl/N-ethyl adjacent to an activating group) is 1. The molecule has 1 aromatic carbocycles. The van der Waals surface area contributed by atoms with Gasteiger partial charge in [0, 0.05) is 29.6 Å². The van der Waals surface area contributed by atoms with E-state index in [2.05, 4.69) is 15.3 Å². The van der Waals surface area contributed by atoms with Crippen molar-refractivity contribution in [1.29, 1.82) is 0 Å². The van der Waals surface area contributed by atoms with E-state index < -0.39 is 0 Å². The van der Waals surface area contributed by atoms with Gasteiger partial charge in [0.1, 0.15) is 5.82 Å². The van der Waals surface area contributed by atoms with Crippen LogP contribution in [0.5, 0.6) is 0 Å². The lowest BCUT2D eigenvalue weighted by molar-refractivity contribution is 0.759. The van der Waals surface area contributed by atoms with E-state index in [0.717, 1.165) is 29.7 Å². The lowest BCUT2D eigenvalue weighted by Crippen LogP contribution is -2.12. The van der Waals surface area contributed by atoms with E-state index in [4.69, 9.17) is 11.6 Å². The van der Waals surface area contributed by atoms with E-state index in [1.54, 1.807) is 0 Å². The van der Waals surface area contributed by atoms with Gasteiger partial charge >= 0.3 is 0 Å². The molecule has 0 saturated carbocycles. The molecule has 0 aliphatic heterocycles. The van der Waals surface area contributed by atoms with Crippen LogP contribution in [0.25, 0.3) is 10.9 Å². The smallest absolute Gasteiger partial charge is 0.130 e.